The summed E-state index contributed by atoms with van der Waals surface area (Å²) < 4.78 is 27.0. The summed E-state index contributed by atoms with van der Waals surface area (Å²) in [6, 6.07) is 12.9. The van der Waals surface area contributed by atoms with Crippen molar-refractivity contribution in [3.8, 4) is 0 Å². The maximum atomic E-state index is 12.4. The number of halogens is 1. The van der Waals surface area contributed by atoms with Crippen molar-refractivity contribution in [2.45, 2.75) is 26.3 Å². The van der Waals surface area contributed by atoms with Gasteiger partial charge < -0.3 is 5.32 Å². The van der Waals surface area contributed by atoms with Gasteiger partial charge in [0, 0.05) is 28.8 Å². The van der Waals surface area contributed by atoms with Crippen molar-refractivity contribution < 1.29 is 13.2 Å². The van der Waals surface area contributed by atoms with Gasteiger partial charge in [-0.2, -0.15) is 4.31 Å². The number of nitrogens with one attached hydrogen (secondary N) is 1. The van der Waals surface area contributed by atoms with Gasteiger partial charge in [-0.05, 0) is 54.3 Å². The van der Waals surface area contributed by atoms with E-state index in [-0.39, 0.29) is 11.7 Å². The summed E-state index contributed by atoms with van der Waals surface area (Å²) >= 11 is 3.36. The van der Waals surface area contributed by atoms with E-state index in [9.17, 15) is 13.2 Å². The summed E-state index contributed by atoms with van der Waals surface area (Å²) in [5, 5.41) is 2.89. The summed E-state index contributed by atoms with van der Waals surface area (Å²) in [6.45, 7) is 2.74. The van der Waals surface area contributed by atoms with Gasteiger partial charge in [-0.3, -0.25) is 4.79 Å². The van der Waals surface area contributed by atoms with Crippen molar-refractivity contribution in [1.82, 2.24) is 4.31 Å². The second kappa shape index (κ2) is 7.90. The second-order valence-electron chi connectivity index (χ2n) is 6.35. The molecule has 1 heterocycles. The number of nitrogens with zero attached hydrogens (tertiary/aromatic N) is 1. The Hall–Kier alpha value is -1.70. The molecule has 138 valence electrons. The number of sulfonamides is 1. The third-order valence-electron chi connectivity index (χ3n) is 4.38. The van der Waals surface area contributed by atoms with Gasteiger partial charge in [-0.1, -0.05) is 35.0 Å². The van der Waals surface area contributed by atoms with Crippen molar-refractivity contribution in [2.24, 2.45) is 0 Å². The molecule has 2 aromatic rings. The highest BCUT2D eigenvalue weighted by Crippen LogP contribution is 2.25. The Morgan fingerprint density at radius 1 is 1.19 bits per heavy atom. The molecular weight excluding hydrogens is 416 g/mol. The fraction of sp³-hybridized carbons (Fsp3) is 0.316. The SMILES string of the molecule is CCCS(=O)(=O)N1CCc2ccc(NC(=O)c3cccc(Br)c3)cc2C1. The fourth-order valence-corrected chi connectivity index (χ4v) is 4.95. The maximum Gasteiger partial charge on any atom is 0.255 e. The van der Waals surface area contributed by atoms with Crippen LogP contribution >= 0.6 is 15.9 Å². The molecule has 5 nitrogen and oxygen atoms in total. The monoisotopic (exact) mass is 436 g/mol. The first-order valence-corrected chi connectivity index (χ1v) is 11.0. The number of carbonyl (C=O) groups is 1. The highest BCUT2D eigenvalue weighted by molar-refractivity contribution is 9.10. The molecule has 0 atom stereocenters. The number of hydrogen-bond acceptors (Lipinski definition) is 3. The number of carbonyl (C=O) groups excluding carboxylic acids is 1. The summed E-state index contributed by atoms with van der Waals surface area (Å²) in [4.78, 5) is 12.4. The molecule has 0 fully saturated rings. The van der Waals surface area contributed by atoms with Crippen molar-refractivity contribution in [3.05, 3.63) is 63.6 Å². The molecule has 26 heavy (non-hydrogen) atoms. The van der Waals surface area contributed by atoms with Gasteiger partial charge in [-0.25, -0.2) is 8.42 Å². The van der Waals surface area contributed by atoms with Crippen LogP contribution in [0.5, 0.6) is 0 Å². The van der Waals surface area contributed by atoms with Crippen LogP contribution in [0.1, 0.15) is 34.8 Å². The van der Waals surface area contributed by atoms with E-state index >= 15 is 0 Å². The molecule has 2 aromatic carbocycles. The lowest BCUT2D eigenvalue weighted by Gasteiger charge is -2.28. The minimum Gasteiger partial charge on any atom is -0.322 e. The van der Waals surface area contributed by atoms with Crippen LogP contribution in [0.25, 0.3) is 0 Å². The van der Waals surface area contributed by atoms with Crippen LogP contribution in [0.3, 0.4) is 0 Å². The quantitative estimate of drug-likeness (QED) is 0.774. The van der Waals surface area contributed by atoms with Crippen LogP contribution in [0.15, 0.2) is 46.9 Å². The van der Waals surface area contributed by atoms with Crippen LogP contribution in [0.4, 0.5) is 5.69 Å². The minimum absolute atomic E-state index is 0.168. The Kier molecular flexibility index (Phi) is 5.79. The van der Waals surface area contributed by atoms with E-state index in [2.05, 4.69) is 21.2 Å². The summed E-state index contributed by atoms with van der Waals surface area (Å²) in [6.07, 6.45) is 1.30. The highest BCUT2D eigenvalue weighted by atomic mass is 79.9. The van der Waals surface area contributed by atoms with Crippen molar-refractivity contribution >= 4 is 37.5 Å². The zero-order valence-corrected chi connectivity index (χ0v) is 16.9. The third kappa shape index (κ3) is 4.34. The Morgan fingerprint density at radius 2 is 2.00 bits per heavy atom. The predicted molar refractivity (Wildman–Crippen MR) is 107 cm³/mol. The Bertz CT molecular complexity index is 928. The van der Waals surface area contributed by atoms with Crippen LogP contribution in [0, 0.1) is 0 Å². The molecule has 1 amide bonds. The van der Waals surface area contributed by atoms with Gasteiger partial charge in [0.2, 0.25) is 10.0 Å². The lowest BCUT2D eigenvalue weighted by molar-refractivity contribution is 0.102. The minimum atomic E-state index is -3.22. The van der Waals surface area contributed by atoms with Gasteiger partial charge >= 0.3 is 0 Å². The molecular formula is C19H21BrN2O3S. The number of benzene rings is 2. The first-order chi connectivity index (χ1) is 12.4. The Balaban J connectivity index is 1.78. The fourth-order valence-electron chi connectivity index (χ4n) is 3.07. The van der Waals surface area contributed by atoms with Crippen LogP contribution < -0.4 is 5.32 Å². The molecule has 0 spiro atoms. The van der Waals surface area contributed by atoms with E-state index in [4.69, 9.17) is 0 Å². The molecule has 0 bridgehead atoms. The lowest BCUT2D eigenvalue weighted by atomic mass is 10.0. The average Bonchev–Trinajstić information content (AvgIpc) is 2.61. The number of anilines is 1. The molecule has 0 aliphatic carbocycles. The molecule has 1 N–H and O–H groups in total. The smallest absolute Gasteiger partial charge is 0.255 e. The zero-order chi connectivity index (χ0) is 18.7. The molecule has 1 aliphatic rings. The van der Waals surface area contributed by atoms with E-state index in [1.54, 1.807) is 16.4 Å². The number of rotatable bonds is 5. The van der Waals surface area contributed by atoms with Gasteiger partial charge in [0.1, 0.15) is 0 Å². The van der Waals surface area contributed by atoms with Gasteiger partial charge in [-0.15, -0.1) is 0 Å². The van der Waals surface area contributed by atoms with Crippen LogP contribution in [-0.2, 0) is 23.0 Å². The average molecular weight is 437 g/mol. The second-order valence-corrected chi connectivity index (χ2v) is 9.35. The van der Waals surface area contributed by atoms with E-state index in [0.29, 0.717) is 37.2 Å². The standard InChI is InChI=1S/C19H21BrN2O3S/c1-2-10-26(24,25)22-9-8-14-6-7-18(12-16(14)13-22)21-19(23)15-4-3-5-17(20)11-15/h3-7,11-12H,2,8-10,13H2,1H3,(H,21,23). The van der Waals surface area contributed by atoms with Gasteiger partial charge in [0.25, 0.3) is 5.91 Å². The molecule has 0 saturated heterocycles. The predicted octanol–water partition coefficient (Wildman–Crippen LogP) is 3.80. The molecule has 3 rings (SSSR count). The Labute approximate surface area is 162 Å². The van der Waals surface area contributed by atoms with Crippen molar-refractivity contribution in [1.29, 1.82) is 0 Å². The number of amides is 1. The summed E-state index contributed by atoms with van der Waals surface area (Å²) in [5.41, 5.74) is 3.31. The molecule has 0 radical (unpaired) electrons. The van der Waals surface area contributed by atoms with E-state index in [0.717, 1.165) is 15.6 Å². The van der Waals surface area contributed by atoms with Crippen LogP contribution in [-0.4, -0.2) is 30.9 Å². The molecule has 0 saturated carbocycles. The van der Waals surface area contributed by atoms with Crippen LogP contribution in [0.2, 0.25) is 0 Å². The largest absolute Gasteiger partial charge is 0.322 e. The van der Waals surface area contributed by atoms with Crippen molar-refractivity contribution in [2.75, 3.05) is 17.6 Å². The lowest BCUT2D eigenvalue weighted by Crippen LogP contribution is -2.37. The van der Waals surface area contributed by atoms with Gasteiger partial charge in [0.15, 0.2) is 0 Å². The summed E-state index contributed by atoms with van der Waals surface area (Å²) in [7, 11) is -3.22. The van der Waals surface area contributed by atoms with E-state index < -0.39 is 10.0 Å². The maximum absolute atomic E-state index is 12.4. The van der Waals surface area contributed by atoms with Gasteiger partial charge in [0.05, 0.1) is 5.75 Å². The topological polar surface area (TPSA) is 66.5 Å². The first-order valence-electron chi connectivity index (χ1n) is 8.55. The zero-order valence-electron chi connectivity index (χ0n) is 14.5. The summed E-state index contributed by atoms with van der Waals surface area (Å²) in [5.74, 6) is -0.0284. The van der Waals surface area contributed by atoms with Crippen molar-refractivity contribution in [3.63, 3.8) is 0 Å². The molecule has 0 aromatic heterocycles. The normalized spacial score (nSPS) is 14.7. The molecule has 1 aliphatic heterocycles. The van der Waals surface area contributed by atoms with E-state index in [1.807, 2.05) is 37.3 Å². The molecule has 0 unspecified atom stereocenters. The Morgan fingerprint density at radius 3 is 2.73 bits per heavy atom. The number of hydrogen-bond donors (Lipinski definition) is 1. The highest BCUT2D eigenvalue weighted by Gasteiger charge is 2.26. The van der Waals surface area contributed by atoms with E-state index in [1.165, 1.54) is 0 Å². The molecule has 7 heteroatoms. The number of fused-ring (bicyclic) bond motifs is 1. The third-order valence-corrected chi connectivity index (χ3v) is 6.90. The first kappa shape index (κ1) is 19.1.